The number of nitriles is 1. The van der Waals surface area contributed by atoms with E-state index >= 15 is 0 Å². The monoisotopic (exact) mass is 336 g/mol. The number of amides is 1. The molecule has 0 spiro atoms. The van der Waals surface area contributed by atoms with Gasteiger partial charge in [-0.05, 0) is 18.6 Å². The smallest absolute Gasteiger partial charge is 0.227 e. The van der Waals surface area contributed by atoms with Crippen molar-refractivity contribution in [3.8, 4) is 6.07 Å². The number of carbonyl (C=O) groups excluding carboxylic acids is 1. The minimum Gasteiger partial charge on any atom is -0.378 e. The van der Waals surface area contributed by atoms with Crippen LogP contribution in [0.1, 0.15) is 12.0 Å². The molecule has 0 aliphatic carbocycles. The zero-order valence-electron chi connectivity index (χ0n) is 14.0. The Morgan fingerprint density at radius 2 is 2.04 bits per heavy atom. The molecule has 1 aromatic carbocycles. The van der Waals surface area contributed by atoms with Crippen molar-refractivity contribution in [3.05, 3.63) is 35.9 Å². The number of anilines is 1. The molecule has 1 atom stereocenters. The summed E-state index contributed by atoms with van der Waals surface area (Å²) < 4.78 is 5.32. The molecular weight excluding hydrogens is 316 g/mol. The van der Waals surface area contributed by atoms with Gasteiger partial charge in [0.1, 0.15) is 5.82 Å². The number of aromatic nitrogens is 1. The number of benzene rings is 1. The van der Waals surface area contributed by atoms with Gasteiger partial charge in [0.15, 0.2) is 0 Å². The quantitative estimate of drug-likeness (QED) is 0.836. The van der Waals surface area contributed by atoms with Gasteiger partial charge in [-0.25, -0.2) is 4.98 Å². The van der Waals surface area contributed by atoms with Crippen LogP contribution in [0.3, 0.4) is 0 Å². The van der Waals surface area contributed by atoms with Crippen LogP contribution < -0.4 is 4.90 Å². The summed E-state index contributed by atoms with van der Waals surface area (Å²) in [4.78, 5) is 21.4. The third-order valence-electron chi connectivity index (χ3n) is 5.01. The zero-order valence-corrected chi connectivity index (χ0v) is 14.0. The van der Waals surface area contributed by atoms with Gasteiger partial charge in [-0.2, -0.15) is 5.26 Å². The largest absolute Gasteiger partial charge is 0.378 e. The Hall–Kier alpha value is -2.65. The van der Waals surface area contributed by atoms with Crippen molar-refractivity contribution >= 4 is 22.6 Å². The minimum absolute atomic E-state index is 0.00286. The lowest BCUT2D eigenvalue weighted by atomic mass is 10.1. The highest BCUT2D eigenvalue weighted by Gasteiger charge is 2.32. The average molecular weight is 336 g/mol. The van der Waals surface area contributed by atoms with Crippen LogP contribution in [0.5, 0.6) is 0 Å². The summed E-state index contributed by atoms with van der Waals surface area (Å²) in [6.07, 6.45) is 0.826. The average Bonchev–Trinajstić information content (AvgIpc) is 3.17. The Morgan fingerprint density at radius 3 is 2.84 bits per heavy atom. The predicted octanol–water partition coefficient (Wildman–Crippen LogP) is 1.79. The first kappa shape index (κ1) is 15.9. The number of hydrogen-bond acceptors (Lipinski definition) is 5. The van der Waals surface area contributed by atoms with E-state index in [1.54, 1.807) is 0 Å². The number of pyridine rings is 1. The molecule has 0 saturated carbocycles. The molecule has 2 aliphatic heterocycles. The fourth-order valence-electron chi connectivity index (χ4n) is 3.63. The van der Waals surface area contributed by atoms with E-state index in [-0.39, 0.29) is 11.8 Å². The fraction of sp³-hybridized carbons (Fsp3) is 0.421. The van der Waals surface area contributed by atoms with Crippen molar-refractivity contribution in [1.29, 1.82) is 5.26 Å². The van der Waals surface area contributed by atoms with E-state index in [9.17, 15) is 10.1 Å². The van der Waals surface area contributed by atoms with Gasteiger partial charge in [0.25, 0.3) is 0 Å². The molecule has 2 saturated heterocycles. The van der Waals surface area contributed by atoms with Crippen LogP contribution in [-0.2, 0) is 9.53 Å². The van der Waals surface area contributed by atoms with Gasteiger partial charge in [0.05, 0.1) is 36.3 Å². The van der Waals surface area contributed by atoms with E-state index in [0.717, 1.165) is 29.7 Å². The van der Waals surface area contributed by atoms with E-state index in [2.05, 4.69) is 11.0 Å². The van der Waals surface area contributed by atoms with E-state index in [4.69, 9.17) is 9.72 Å². The van der Waals surface area contributed by atoms with Crippen LogP contribution in [-0.4, -0.2) is 55.2 Å². The highest BCUT2D eigenvalue weighted by atomic mass is 16.5. The van der Waals surface area contributed by atoms with E-state index in [1.165, 1.54) is 0 Å². The van der Waals surface area contributed by atoms with Crippen LogP contribution in [0.2, 0.25) is 0 Å². The SMILES string of the molecule is N#Cc1cc(N2CCC(C(=O)N3CCOCC3)C2)nc2ccccc12. The van der Waals surface area contributed by atoms with Crippen molar-refractivity contribution in [1.82, 2.24) is 9.88 Å². The molecule has 0 bridgehead atoms. The summed E-state index contributed by atoms with van der Waals surface area (Å²) in [7, 11) is 0. The molecule has 25 heavy (non-hydrogen) atoms. The summed E-state index contributed by atoms with van der Waals surface area (Å²) >= 11 is 0. The van der Waals surface area contributed by atoms with Gasteiger partial charge in [-0.1, -0.05) is 18.2 Å². The van der Waals surface area contributed by atoms with Crippen LogP contribution in [0.4, 0.5) is 5.82 Å². The third kappa shape index (κ3) is 3.03. The highest BCUT2D eigenvalue weighted by Crippen LogP contribution is 2.27. The maximum absolute atomic E-state index is 12.7. The summed E-state index contributed by atoms with van der Waals surface area (Å²) in [6, 6.07) is 11.8. The maximum atomic E-state index is 12.7. The second-order valence-electron chi connectivity index (χ2n) is 6.53. The molecule has 2 aliphatic rings. The molecule has 3 heterocycles. The van der Waals surface area contributed by atoms with Gasteiger partial charge in [0.2, 0.25) is 5.91 Å². The number of nitrogens with zero attached hydrogens (tertiary/aromatic N) is 4. The lowest BCUT2D eigenvalue weighted by Crippen LogP contribution is -2.44. The summed E-state index contributed by atoms with van der Waals surface area (Å²) in [6.45, 7) is 4.06. The topological polar surface area (TPSA) is 69.5 Å². The van der Waals surface area contributed by atoms with Gasteiger partial charge >= 0.3 is 0 Å². The zero-order chi connectivity index (χ0) is 17.2. The molecule has 0 radical (unpaired) electrons. The summed E-state index contributed by atoms with van der Waals surface area (Å²) in [5, 5.41) is 10.3. The predicted molar refractivity (Wildman–Crippen MR) is 94.2 cm³/mol. The first-order valence-corrected chi connectivity index (χ1v) is 8.67. The van der Waals surface area contributed by atoms with Crippen molar-refractivity contribution in [2.24, 2.45) is 5.92 Å². The molecular formula is C19H20N4O2. The Bertz CT molecular complexity index is 839. The van der Waals surface area contributed by atoms with E-state index in [0.29, 0.717) is 38.4 Å². The van der Waals surface area contributed by atoms with Crippen LogP contribution in [0.15, 0.2) is 30.3 Å². The Labute approximate surface area is 146 Å². The van der Waals surface area contributed by atoms with Crippen molar-refractivity contribution < 1.29 is 9.53 Å². The molecule has 1 amide bonds. The first-order chi connectivity index (χ1) is 12.3. The molecule has 1 aromatic heterocycles. The summed E-state index contributed by atoms with van der Waals surface area (Å²) in [5.74, 6) is 0.997. The summed E-state index contributed by atoms with van der Waals surface area (Å²) in [5.41, 5.74) is 1.45. The fourth-order valence-corrected chi connectivity index (χ4v) is 3.63. The van der Waals surface area contributed by atoms with Crippen LogP contribution >= 0.6 is 0 Å². The molecule has 2 aromatic rings. The van der Waals surface area contributed by atoms with Gasteiger partial charge in [-0.15, -0.1) is 0 Å². The first-order valence-electron chi connectivity index (χ1n) is 8.67. The lowest BCUT2D eigenvalue weighted by Gasteiger charge is -2.29. The molecule has 128 valence electrons. The second kappa shape index (κ2) is 6.69. The Morgan fingerprint density at radius 1 is 1.24 bits per heavy atom. The minimum atomic E-state index is -0.00286. The molecule has 2 fully saturated rings. The number of hydrogen-bond donors (Lipinski definition) is 0. The number of ether oxygens (including phenoxy) is 1. The number of morpholine rings is 1. The second-order valence-corrected chi connectivity index (χ2v) is 6.53. The van der Waals surface area contributed by atoms with Crippen LogP contribution in [0.25, 0.3) is 10.9 Å². The number of carbonyl (C=O) groups is 1. The Balaban J connectivity index is 1.54. The van der Waals surface area contributed by atoms with Gasteiger partial charge < -0.3 is 14.5 Å². The van der Waals surface area contributed by atoms with E-state index < -0.39 is 0 Å². The van der Waals surface area contributed by atoms with Crippen LogP contribution in [0, 0.1) is 17.2 Å². The van der Waals surface area contributed by atoms with Gasteiger partial charge in [0, 0.05) is 31.6 Å². The highest BCUT2D eigenvalue weighted by molar-refractivity contribution is 5.87. The van der Waals surface area contributed by atoms with E-state index in [1.807, 2.05) is 35.2 Å². The molecule has 4 rings (SSSR count). The Kier molecular flexibility index (Phi) is 4.24. The number of fused-ring (bicyclic) bond motifs is 1. The van der Waals surface area contributed by atoms with Crippen molar-refractivity contribution in [2.75, 3.05) is 44.3 Å². The third-order valence-corrected chi connectivity index (χ3v) is 5.01. The maximum Gasteiger partial charge on any atom is 0.227 e. The number of rotatable bonds is 2. The van der Waals surface area contributed by atoms with Gasteiger partial charge in [-0.3, -0.25) is 4.79 Å². The molecule has 1 unspecified atom stereocenters. The van der Waals surface area contributed by atoms with Crippen molar-refractivity contribution in [3.63, 3.8) is 0 Å². The number of para-hydroxylation sites is 1. The molecule has 6 nitrogen and oxygen atoms in total. The standard InChI is InChI=1S/C19H20N4O2/c20-12-15-11-18(21-17-4-2-1-3-16(15)17)23-6-5-14(13-23)19(24)22-7-9-25-10-8-22/h1-4,11,14H,5-10,13H2. The lowest BCUT2D eigenvalue weighted by molar-refractivity contribution is -0.138. The normalized spacial score (nSPS) is 20.7. The molecule has 0 N–H and O–H groups in total. The molecule has 6 heteroatoms. The van der Waals surface area contributed by atoms with Crippen molar-refractivity contribution in [2.45, 2.75) is 6.42 Å².